The number of para-hydroxylation sites is 1. The second-order valence-corrected chi connectivity index (χ2v) is 9.08. The summed E-state index contributed by atoms with van der Waals surface area (Å²) in [7, 11) is 3.30. The molecule has 2 aromatic carbocycles. The number of benzene rings is 2. The van der Waals surface area contributed by atoms with Crippen molar-refractivity contribution >= 4 is 10.9 Å². The number of fused-ring (bicyclic) bond motifs is 1. The SMILES string of the molecule is COc1ccc2[nH]c(=O)c(C[NH+](Cc3ccccc3OC)Cc3nnnn3C[C@@H]3CCCO3)cc2c1. The quantitative estimate of drug-likeness (QED) is 0.346. The summed E-state index contributed by atoms with van der Waals surface area (Å²) in [6.07, 6.45) is 2.19. The van der Waals surface area contributed by atoms with E-state index in [4.69, 9.17) is 14.2 Å². The number of methoxy groups -OCH3 is 2. The smallest absolute Gasteiger partial charge is 0.257 e. The van der Waals surface area contributed by atoms with Crippen LogP contribution in [0.1, 0.15) is 29.8 Å². The number of pyridine rings is 1. The highest BCUT2D eigenvalue weighted by Crippen LogP contribution is 2.19. The lowest BCUT2D eigenvalue weighted by Crippen LogP contribution is -3.08. The molecule has 1 saturated heterocycles. The van der Waals surface area contributed by atoms with Crippen LogP contribution in [0.25, 0.3) is 10.9 Å². The Morgan fingerprint density at radius 3 is 2.75 bits per heavy atom. The standard InChI is InChI=1S/C26H30N6O4/c1-34-21-9-10-23-19(13-21)12-20(26(33)27-23)15-31(14-18-6-3-4-8-24(18)35-2)17-25-28-29-30-32(25)16-22-7-5-11-36-22/h3-4,6,8-10,12-13,22H,5,7,11,14-17H2,1-2H3,(H,27,33)/p+1/t22-/m0/s1. The molecule has 188 valence electrons. The van der Waals surface area contributed by atoms with Gasteiger partial charge in [0.2, 0.25) is 5.82 Å². The summed E-state index contributed by atoms with van der Waals surface area (Å²) in [5, 5.41) is 13.4. The molecule has 0 radical (unpaired) electrons. The highest BCUT2D eigenvalue weighted by atomic mass is 16.5. The Morgan fingerprint density at radius 1 is 1.08 bits per heavy atom. The van der Waals surface area contributed by atoms with E-state index in [1.54, 1.807) is 14.2 Å². The van der Waals surface area contributed by atoms with Crippen LogP contribution in [0.5, 0.6) is 11.5 Å². The Balaban J connectivity index is 1.45. The molecular formula is C26H31N6O4+. The van der Waals surface area contributed by atoms with Crippen molar-refractivity contribution in [2.75, 3.05) is 20.8 Å². The van der Waals surface area contributed by atoms with Gasteiger partial charge in [0.25, 0.3) is 5.56 Å². The van der Waals surface area contributed by atoms with E-state index in [2.05, 4.69) is 20.5 Å². The summed E-state index contributed by atoms with van der Waals surface area (Å²) in [6, 6.07) is 15.5. The topological polar surface area (TPSA) is 109 Å². The highest BCUT2D eigenvalue weighted by Gasteiger charge is 2.23. The van der Waals surface area contributed by atoms with Crippen LogP contribution in [0, 0.1) is 0 Å². The predicted molar refractivity (Wildman–Crippen MR) is 133 cm³/mol. The lowest BCUT2D eigenvalue weighted by Gasteiger charge is -2.21. The third kappa shape index (κ3) is 5.39. The summed E-state index contributed by atoms with van der Waals surface area (Å²) in [6.45, 7) is 3.05. The molecule has 0 spiro atoms. The first-order valence-electron chi connectivity index (χ1n) is 12.1. The van der Waals surface area contributed by atoms with Gasteiger partial charge in [0.1, 0.15) is 31.1 Å². The Labute approximate surface area is 208 Å². The second-order valence-electron chi connectivity index (χ2n) is 9.08. The van der Waals surface area contributed by atoms with Gasteiger partial charge < -0.3 is 24.1 Å². The van der Waals surface area contributed by atoms with Crippen LogP contribution in [0.4, 0.5) is 0 Å². The zero-order valence-corrected chi connectivity index (χ0v) is 20.6. The van der Waals surface area contributed by atoms with Gasteiger partial charge in [0.15, 0.2) is 0 Å². The third-order valence-electron chi connectivity index (χ3n) is 6.62. The number of quaternary nitrogens is 1. The lowest BCUT2D eigenvalue weighted by atomic mass is 10.1. The number of H-pyrrole nitrogens is 1. The average Bonchev–Trinajstić information content (AvgIpc) is 3.57. The Morgan fingerprint density at radius 2 is 1.94 bits per heavy atom. The van der Waals surface area contributed by atoms with Gasteiger partial charge in [-0.3, -0.25) is 4.79 Å². The Bertz CT molecular complexity index is 1380. The molecule has 10 nitrogen and oxygen atoms in total. The van der Waals surface area contributed by atoms with Crippen LogP contribution in [0.15, 0.2) is 53.3 Å². The minimum Gasteiger partial charge on any atom is -0.497 e. The van der Waals surface area contributed by atoms with E-state index in [9.17, 15) is 4.79 Å². The van der Waals surface area contributed by atoms with Gasteiger partial charge in [0, 0.05) is 23.1 Å². The molecule has 36 heavy (non-hydrogen) atoms. The van der Waals surface area contributed by atoms with Crippen molar-refractivity contribution in [3.05, 3.63) is 75.8 Å². The molecule has 0 aliphatic carbocycles. The molecule has 2 N–H and O–H groups in total. The highest BCUT2D eigenvalue weighted by molar-refractivity contribution is 5.80. The molecular weight excluding hydrogens is 460 g/mol. The number of nitrogens with one attached hydrogen (secondary N) is 2. The van der Waals surface area contributed by atoms with E-state index in [-0.39, 0.29) is 11.7 Å². The number of ether oxygens (including phenoxy) is 3. The van der Waals surface area contributed by atoms with Gasteiger partial charge in [0.05, 0.1) is 32.4 Å². The van der Waals surface area contributed by atoms with Gasteiger partial charge in [-0.2, -0.15) is 0 Å². The van der Waals surface area contributed by atoms with Crippen LogP contribution >= 0.6 is 0 Å². The molecule has 4 aromatic rings. The van der Waals surface area contributed by atoms with Gasteiger partial charge in [-0.1, -0.05) is 12.1 Å². The van der Waals surface area contributed by atoms with Crippen molar-refractivity contribution < 1.29 is 19.1 Å². The number of tetrazole rings is 1. The molecule has 0 amide bonds. The molecule has 2 atom stereocenters. The maximum Gasteiger partial charge on any atom is 0.257 e. The van der Waals surface area contributed by atoms with E-state index < -0.39 is 0 Å². The molecule has 1 aliphatic heterocycles. The minimum atomic E-state index is -0.107. The molecule has 5 rings (SSSR count). The van der Waals surface area contributed by atoms with E-state index in [0.717, 1.165) is 58.1 Å². The Kier molecular flexibility index (Phi) is 7.24. The normalized spacial score (nSPS) is 16.3. The van der Waals surface area contributed by atoms with Crippen LogP contribution in [-0.2, 0) is 30.9 Å². The van der Waals surface area contributed by atoms with Gasteiger partial charge in [-0.15, -0.1) is 5.10 Å². The van der Waals surface area contributed by atoms with Gasteiger partial charge in [-0.25, -0.2) is 4.68 Å². The van der Waals surface area contributed by atoms with E-state index in [0.29, 0.717) is 31.7 Å². The number of aromatic amines is 1. The van der Waals surface area contributed by atoms with Crippen molar-refractivity contribution in [2.45, 2.75) is 45.1 Å². The molecule has 1 fully saturated rings. The Hall–Kier alpha value is -3.76. The van der Waals surface area contributed by atoms with Crippen LogP contribution < -0.4 is 19.9 Å². The van der Waals surface area contributed by atoms with Gasteiger partial charge >= 0.3 is 0 Å². The zero-order chi connectivity index (χ0) is 24.9. The number of rotatable bonds is 10. The predicted octanol–water partition coefficient (Wildman–Crippen LogP) is 1.50. The number of aromatic nitrogens is 5. The summed E-state index contributed by atoms with van der Waals surface area (Å²) >= 11 is 0. The number of hydrogen-bond donors (Lipinski definition) is 2. The summed E-state index contributed by atoms with van der Waals surface area (Å²) in [5.74, 6) is 2.31. The first kappa shape index (κ1) is 24.0. The van der Waals surface area contributed by atoms with Crippen molar-refractivity contribution in [2.24, 2.45) is 0 Å². The molecule has 3 heterocycles. The average molecular weight is 492 g/mol. The summed E-state index contributed by atoms with van der Waals surface area (Å²) < 4.78 is 18.6. The maximum atomic E-state index is 13.0. The van der Waals surface area contributed by atoms with Crippen molar-refractivity contribution in [3.8, 4) is 11.5 Å². The number of nitrogens with zero attached hydrogens (tertiary/aromatic N) is 4. The first-order valence-corrected chi connectivity index (χ1v) is 12.1. The van der Waals surface area contributed by atoms with E-state index >= 15 is 0 Å². The summed E-state index contributed by atoms with van der Waals surface area (Å²) in [5.41, 5.74) is 2.39. The first-order chi connectivity index (χ1) is 17.6. The molecule has 2 aromatic heterocycles. The van der Waals surface area contributed by atoms with Crippen molar-refractivity contribution in [1.82, 2.24) is 25.2 Å². The maximum absolute atomic E-state index is 13.0. The van der Waals surface area contributed by atoms with Crippen molar-refractivity contribution in [3.63, 3.8) is 0 Å². The second kappa shape index (κ2) is 10.9. The third-order valence-corrected chi connectivity index (χ3v) is 6.62. The molecule has 0 saturated carbocycles. The lowest BCUT2D eigenvalue weighted by molar-refractivity contribution is -0.942. The van der Waals surface area contributed by atoms with Crippen molar-refractivity contribution in [1.29, 1.82) is 0 Å². The molecule has 0 bridgehead atoms. The molecule has 1 unspecified atom stereocenters. The van der Waals surface area contributed by atoms with Gasteiger partial charge in [-0.05, 0) is 59.7 Å². The number of hydrogen-bond acceptors (Lipinski definition) is 7. The van der Waals surface area contributed by atoms with Crippen LogP contribution in [0.2, 0.25) is 0 Å². The minimum absolute atomic E-state index is 0.107. The van der Waals surface area contributed by atoms with E-state index in [1.165, 1.54) is 0 Å². The summed E-state index contributed by atoms with van der Waals surface area (Å²) in [4.78, 5) is 17.1. The monoisotopic (exact) mass is 491 g/mol. The fourth-order valence-electron chi connectivity index (χ4n) is 4.76. The van der Waals surface area contributed by atoms with Crippen LogP contribution in [0.3, 0.4) is 0 Å². The molecule has 10 heteroatoms. The fourth-order valence-corrected chi connectivity index (χ4v) is 4.76. The fraction of sp³-hybridized carbons (Fsp3) is 0.385. The van der Waals surface area contributed by atoms with E-state index in [1.807, 2.05) is 53.2 Å². The van der Waals surface area contributed by atoms with Crippen LogP contribution in [-0.4, -0.2) is 52.1 Å². The molecule has 1 aliphatic rings. The largest absolute Gasteiger partial charge is 0.497 e. The zero-order valence-electron chi connectivity index (χ0n) is 20.6.